The summed E-state index contributed by atoms with van der Waals surface area (Å²) in [5, 5.41) is 0. The number of hydrogen-bond donors (Lipinski definition) is 0. The molecule has 1 aromatic rings. The third-order valence-corrected chi connectivity index (χ3v) is 7.69. The molecule has 0 spiro atoms. The van der Waals surface area contributed by atoms with E-state index < -0.39 is 0 Å². The molecule has 2 aliphatic carbocycles. The van der Waals surface area contributed by atoms with E-state index in [1.807, 2.05) is 29.2 Å². The van der Waals surface area contributed by atoms with Crippen LogP contribution in [0.1, 0.15) is 70.6 Å². The summed E-state index contributed by atoms with van der Waals surface area (Å²) in [6.45, 7) is 3.05. The van der Waals surface area contributed by atoms with Crippen LogP contribution in [-0.2, 0) is 4.74 Å². The minimum Gasteiger partial charge on any atom is -0.490 e. The molecule has 2 saturated heterocycles. The lowest BCUT2D eigenvalue weighted by atomic mass is 9.84. The number of hydrogen-bond acceptors (Lipinski definition) is 4. The average molecular weight is 413 g/mol. The average Bonchev–Trinajstić information content (AvgIpc) is 3.12. The predicted octanol–water partition coefficient (Wildman–Crippen LogP) is 5.38. The molecular formula is C25H36N2O3. The van der Waals surface area contributed by atoms with E-state index in [2.05, 4.69) is 4.90 Å². The first kappa shape index (κ1) is 20.2. The number of cyclic esters (lactones) is 1. The molecule has 1 atom stereocenters. The topological polar surface area (TPSA) is 42.0 Å². The van der Waals surface area contributed by atoms with Crippen molar-refractivity contribution in [2.75, 3.05) is 24.6 Å². The molecule has 5 heteroatoms. The number of benzene rings is 1. The van der Waals surface area contributed by atoms with Crippen LogP contribution < -0.4 is 9.64 Å². The van der Waals surface area contributed by atoms with E-state index in [9.17, 15) is 4.79 Å². The second-order valence-corrected chi connectivity index (χ2v) is 9.80. The van der Waals surface area contributed by atoms with Crippen molar-refractivity contribution in [1.82, 2.24) is 4.90 Å². The molecule has 2 heterocycles. The van der Waals surface area contributed by atoms with Gasteiger partial charge in [0.2, 0.25) is 0 Å². The van der Waals surface area contributed by atoms with E-state index >= 15 is 0 Å². The van der Waals surface area contributed by atoms with Gasteiger partial charge < -0.3 is 14.4 Å². The zero-order valence-corrected chi connectivity index (χ0v) is 18.1. The zero-order chi connectivity index (χ0) is 20.3. The molecule has 4 fully saturated rings. The quantitative estimate of drug-likeness (QED) is 0.629. The Kier molecular flexibility index (Phi) is 6.17. The van der Waals surface area contributed by atoms with Gasteiger partial charge in [0, 0.05) is 24.6 Å². The summed E-state index contributed by atoms with van der Waals surface area (Å²) in [6, 6.07) is 8.98. The molecule has 5 rings (SSSR count). The van der Waals surface area contributed by atoms with Gasteiger partial charge in [0.1, 0.15) is 18.5 Å². The maximum Gasteiger partial charge on any atom is 0.414 e. The van der Waals surface area contributed by atoms with Crippen molar-refractivity contribution in [3.05, 3.63) is 24.3 Å². The number of anilines is 1. The number of nitrogens with zero attached hydrogens (tertiary/aromatic N) is 2. The van der Waals surface area contributed by atoms with E-state index in [0.29, 0.717) is 12.7 Å². The SMILES string of the molecule is O=C1OC[C@@H](CC2CCCCC2)N1c1ccc(O[C@H]2C[C@H](N3CCCCC3)C2)cc1. The molecule has 0 radical (unpaired) electrons. The number of likely N-dealkylation sites (tertiary alicyclic amines) is 1. The minimum absolute atomic E-state index is 0.171. The monoisotopic (exact) mass is 412 g/mol. The predicted molar refractivity (Wildman–Crippen MR) is 118 cm³/mol. The molecular weight excluding hydrogens is 376 g/mol. The second kappa shape index (κ2) is 9.17. The number of amides is 1. The number of piperidine rings is 1. The largest absolute Gasteiger partial charge is 0.490 e. The van der Waals surface area contributed by atoms with Crippen molar-refractivity contribution in [2.45, 2.75) is 88.8 Å². The maximum absolute atomic E-state index is 12.4. The second-order valence-electron chi connectivity index (χ2n) is 9.80. The van der Waals surface area contributed by atoms with Crippen molar-refractivity contribution < 1.29 is 14.3 Å². The molecule has 1 amide bonds. The number of rotatable bonds is 6. The zero-order valence-electron chi connectivity index (χ0n) is 18.1. The van der Waals surface area contributed by atoms with Gasteiger partial charge in [0.25, 0.3) is 0 Å². The van der Waals surface area contributed by atoms with Crippen LogP contribution in [0, 0.1) is 5.92 Å². The first-order valence-electron chi connectivity index (χ1n) is 12.2. The van der Waals surface area contributed by atoms with Crippen molar-refractivity contribution >= 4 is 11.8 Å². The molecule has 0 aromatic heterocycles. The van der Waals surface area contributed by atoms with Crippen LogP contribution in [0.4, 0.5) is 10.5 Å². The van der Waals surface area contributed by atoms with Gasteiger partial charge in [-0.05, 0) is 62.5 Å². The highest BCUT2D eigenvalue weighted by Gasteiger charge is 2.37. The van der Waals surface area contributed by atoms with E-state index in [0.717, 1.165) is 42.7 Å². The maximum atomic E-state index is 12.4. The standard InChI is InChI=1S/C25H36N2O3/c28-25-27(22(18-29-25)15-19-7-3-1-4-8-19)20-9-11-23(12-10-20)30-24-16-21(17-24)26-13-5-2-6-14-26/h9-12,19,21-22,24H,1-8,13-18H2/t21-,22-,24-/m1/s1. The lowest BCUT2D eigenvalue weighted by molar-refractivity contribution is 0.00892. The van der Waals surface area contributed by atoms with Crippen LogP contribution >= 0.6 is 0 Å². The Labute approximate surface area is 180 Å². The fourth-order valence-electron chi connectivity index (χ4n) is 5.85. The lowest BCUT2D eigenvalue weighted by Gasteiger charge is -2.44. The minimum atomic E-state index is -0.201. The Hall–Kier alpha value is -1.75. The smallest absolute Gasteiger partial charge is 0.414 e. The van der Waals surface area contributed by atoms with Crippen molar-refractivity contribution in [3.63, 3.8) is 0 Å². The number of carbonyl (C=O) groups excluding carboxylic acids is 1. The highest BCUT2D eigenvalue weighted by molar-refractivity contribution is 5.90. The summed E-state index contributed by atoms with van der Waals surface area (Å²) in [4.78, 5) is 16.9. The summed E-state index contributed by atoms with van der Waals surface area (Å²) < 4.78 is 11.6. The summed E-state index contributed by atoms with van der Waals surface area (Å²) in [6.07, 6.45) is 14.2. The van der Waals surface area contributed by atoms with Crippen LogP contribution in [-0.4, -0.2) is 48.9 Å². The molecule has 2 aliphatic heterocycles. The van der Waals surface area contributed by atoms with Gasteiger partial charge in [-0.2, -0.15) is 0 Å². The Balaban J connectivity index is 1.15. The third kappa shape index (κ3) is 4.46. The van der Waals surface area contributed by atoms with Gasteiger partial charge >= 0.3 is 6.09 Å². The van der Waals surface area contributed by atoms with Crippen LogP contribution in [0.25, 0.3) is 0 Å². The fourth-order valence-corrected chi connectivity index (χ4v) is 5.85. The van der Waals surface area contributed by atoms with Crippen molar-refractivity contribution in [1.29, 1.82) is 0 Å². The Bertz CT molecular complexity index is 704. The van der Waals surface area contributed by atoms with E-state index in [1.165, 1.54) is 64.5 Å². The highest BCUT2D eigenvalue weighted by Crippen LogP contribution is 2.35. The summed E-state index contributed by atoms with van der Waals surface area (Å²) in [7, 11) is 0. The van der Waals surface area contributed by atoms with Crippen LogP contribution in [0.3, 0.4) is 0 Å². The van der Waals surface area contributed by atoms with Crippen molar-refractivity contribution in [2.24, 2.45) is 5.92 Å². The first-order chi connectivity index (χ1) is 14.8. The Morgan fingerprint density at radius 1 is 0.933 bits per heavy atom. The normalized spacial score (nSPS) is 30.7. The van der Waals surface area contributed by atoms with Crippen LogP contribution in [0.2, 0.25) is 0 Å². The first-order valence-corrected chi connectivity index (χ1v) is 12.2. The molecule has 0 N–H and O–H groups in total. The highest BCUT2D eigenvalue weighted by atomic mass is 16.6. The molecule has 164 valence electrons. The Morgan fingerprint density at radius 3 is 2.37 bits per heavy atom. The molecule has 30 heavy (non-hydrogen) atoms. The molecule has 0 bridgehead atoms. The van der Waals surface area contributed by atoms with Gasteiger partial charge in [0.15, 0.2) is 0 Å². The lowest BCUT2D eigenvalue weighted by Crippen LogP contribution is -2.50. The van der Waals surface area contributed by atoms with Gasteiger partial charge in [-0.15, -0.1) is 0 Å². The summed E-state index contributed by atoms with van der Waals surface area (Å²) >= 11 is 0. The van der Waals surface area contributed by atoms with E-state index in [-0.39, 0.29) is 12.1 Å². The number of carbonyl (C=O) groups is 1. The summed E-state index contributed by atoms with van der Waals surface area (Å²) in [5.74, 6) is 1.65. The van der Waals surface area contributed by atoms with Crippen LogP contribution in [0.15, 0.2) is 24.3 Å². The van der Waals surface area contributed by atoms with E-state index in [4.69, 9.17) is 9.47 Å². The van der Waals surface area contributed by atoms with Gasteiger partial charge in [0.05, 0.1) is 6.04 Å². The van der Waals surface area contributed by atoms with Gasteiger partial charge in [-0.3, -0.25) is 4.90 Å². The molecule has 1 aromatic carbocycles. The molecule has 0 unspecified atom stereocenters. The molecule has 2 saturated carbocycles. The summed E-state index contributed by atoms with van der Waals surface area (Å²) in [5.41, 5.74) is 0.936. The third-order valence-electron chi connectivity index (χ3n) is 7.69. The molecule has 4 aliphatic rings. The van der Waals surface area contributed by atoms with Crippen molar-refractivity contribution in [3.8, 4) is 5.75 Å². The van der Waals surface area contributed by atoms with Gasteiger partial charge in [-0.25, -0.2) is 4.79 Å². The van der Waals surface area contributed by atoms with E-state index in [1.54, 1.807) is 0 Å². The van der Waals surface area contributed by atoms with Crippen LogP contribution in [0.5, 0.6) is 5.75 Å². The fraction of sp³-hybridized carbons (Fsp3) is 0.720. The number of ether oxygens (including phenoxy) is 2. The van der Waals surface area contributed by atoms with Gasteiger partial charge in [-0.1, -0.05) is 38.5 Å². The Morgan fingerprint density at radius 2 is 1.63 bits per heavy atom. The molecule has 5 nitrogen and oxygen atoms in total.